The minimum atomic E-state index is -0.408. The van der Waals surface area contributed by atoms with Gasteiger partial charge in [0.2, 0.25) is 0 Å². The average Bonchev–Trinajstić information content (AvgIpc) is 2.10. The van der Waals surface area contributed by atoms with Gasteiger partial charge in [0.1, 0.15) is 12.5 Å². The van der Waals surface area contributed by atoms with Crippen LogP contribution in [0.15, 0.2) is 0 Å². The Hall–Kier alpha value is -0.320. The molecule has 0 aromatic carbocycles. The molecule has 0 aromatic heterocycles. The van der Waals surface area contributed by atoms with Gasteiger partial charge in [-0.2, -0.15) is 0 Å². The van der Waals surface area contributed by atoms with Crippen molar-refractivity contribution in [2.75, 3.05) is 39.3 Å². The highest BCUT2D eigenvalue weighted by atomic mass is 35.5. The van der Waals surface area contributed by atoms with Gasteiger partial charge in [-0.1, -0.05) is 0 Å². The van der Waals surface area contributed by atoms with Crippen LogP contribution >= 0.6 is 11.6 Å². The van der Waals surface area contributed by atoms with E-state index in [2.05, 4.69) is 10.1 Å². The molecule has 4 nitrogen and oxygen atoms in total. The Kier molecular flexibility index (Phi) is 8.54. The van der Waals surface area contributed by atoms with Gasteiger partial charge in [0, 0.05) is 6.54 Å². The van der Waals surface area contributed by atoms with Gasteiger partial charge in [0.25, 0.3) is 0 Å². The first-order valence-electron chi connectivity index (χ1n) is 3.75. The molecule has 72 valence electrons. The van der Waals surface area contributed by atoms with E-state index in [9.17, 15) is 4.79 Å². The predicted molar refractivity (Wildman–Crippen MR) is 46.4 cm³/mol. The van der Waals surface area contributed by atoms with Crippen LogP contribution in [0, 0.1) is 0 Å². The molecular formula is C7H14ClNO3. The summed E-state index contributed by atoms with van der Waals surface area (Å²) in [4.78, 5) is 10.5. The summed E-state index contributed by atoms with van der Waals surface area (Å²) in [6.07, 6.45) is 0. The molecule has 0 heterocycles. The van der Waals surface area contributed by atoms with E-state index < -0.39 is 5.97 Å². The van der Waals surface area contributed by atoms with E-state index in [0.29, 0.717) is 13.2 Å². The van der Waals surface area contributed by atoms with Gasteiger partial charge in [0.15, 0.2) is 0 Å². The van der Waals surface area contributed by atoms with Gasteiger partial charge in [0.05, 0.1) is 13.2 Å². The van der Waals surface area contributed by atoms with Crippen molar-refractivity contribution in [2.24, 2.45) is 0 Å². The summed E-state index contributed by atoms with van der Waals surface area (Å²) in [6, 6.07) is 0. The molecule has 0 unspecified atom stereocenters. The molecule has 0 spiro atoms. The summed E-state index contributed by atoms with van der Waals surface area (Å²) in [6.45, 7) is 2.11. The first-order chi connectivity index (χ1) is 5.81. The van der Waals surface area contributed by atoms with Gasteiger partial charge < -0.3 is 14.8 Å². The largest absolute Gasteiger partial charge is 0.462 e. The van der Waals surface area contributed by atoms with Gasteiger partial charge >= 0.3 is 5.97 Å². The van der Waals surface area contributed by atoms with Gasteiger partial charge in [-0.05, 0) is 7.05 Å². The maximum absolute atomic E-state index is 10.5. The second-order valence-corrected chi connectivity index (χ2v) is 2.34. The SMILES string of the molecule is CNCCOCCOC(=O)CCl. The predicted octanol–water partition coefficient (Wildman–Crippen LogP) is 0.00440. The smallest absolute Gasteiger partial charge is 0.320 e. The van der Waals surface area contributed by atoms with Crippen molar-refractivity contribution < 1.29 is 14.3 Å². The maximum Gasteiger partial charge on any atom is 0.320 e. The lowest BCUT2D eigenvalue weighted by Crippen LogP contribution is -2.17. The summed E-state index contributed by atoms with van der Waals surface area (Å²) < 4.78 is 9.74. The molecule has 0 bridgehead atoms. The van der Waals surface area contributed by atoms with Crippen LogP contribution in [0.25, 0.3) is 0 Å². The number of carbonyl (C=O) groups is 1. The normalized spacial score (nSPS) is 9.83. The minimum Gasteiger partial charge on any atom is -0.462 e. The van der Waals surface area contributed by atoms with Gasteiger partial charge in [-0.3, -0.25) is 4.79 Å². The standard InChI is InChI=1S/C7H14ClNO3/c1-9-2-3-11-4-5-12-7(10)6-8/h9H,2-6H2,1H3. The van der Waals surface area contributed by atoms with E-state index in [1.54, 1.807) is 0 Å². The Morgan fingerprint density at radius 1 is 1.42 bits per heavy atom. The second kappa shape index (κ2) is 8.77. The Balaban J connectivity index is 2.95. The molecule has 0 aliphatic carbocycles. The summed E-state index contributed by atoms with van der Waals surface area (Å²) in [5.41, 5.74) is 0. The zero-order valence-electron chi connectivity index (χ0n) is 7.14. The lowest BCUT2D eigenvalue weighted by atomic mass is 10.7. The highest BCUT2D eigenvalue weighted by molar-refractivity contribution is 6.26. The zero-order valence-corrected chi connectivity index (χ0v) is 7.89. The number of ether oxygens (including phenoxy) is 2. The quantitative estimate of drug-likeness (QED) is 0.353. The van der Waals surface area contributed by atoms with Crippen LogP contribution in [0.1, 0.15) is 0 Å². The van der Waals surface area contributed by atoms with Crippen LogP contribution in [-0.2, 0) is 14.3 Å². The van der Waals surface area contributed by atoms with E-state index in [1.165, 1.54) is 0 Å². The lowest BCUT2D eigenvalue weighted by Gasteiger charge is -2.03. The van der Waals surface area contributed by atoms with Crippen LogP contribution in [0.3, 0.4) is 0 Å². The molecular weight excluding hydrogens is 182 g/mol. The van der Waals surface area contributed by atoms with E-state index in [0.717, 1.165) is 6.54 Å². The molecule has 5 heteroatoms. The molecule has 0 aliphatic heterocycles. The lowest BCUT2D eigenvalue weighted by molar-refractivity contribution is -0.142. The van der Waals surface area contributed by atoms with Crippen molar-refractivity contribution in [3.05, 3.63) is 0 Å². The fourth-order valence-electron chi connectivity index (χ4n) is 0.529. The number of esters is 1. The molecule has 0 aromatic rings. The number of hydrogen-bond acceptors (Lipinski definition) is 4. The number of rotatable bonds is 7. The Morgan fingerprint density at radius 2 is 2.17 bits per heavy atom. The minimum absolute atomic E-state index is 0.101. The van der Waals surface area contributed by atoms with E-state index >= 15 is 0 Å². The summed E-state index contributed by atoms with van der Waals surface area (Å²) >= 11 is 5.19. The van der Waals surface area contributed by atoms with E-state index in [-0.39, 0.29) is 12.5 Å². The van der Waals surface area contributed by atoms with Crippen molar-refractivity contribution in [3.8, 4) is 0 Å². The second-order valence-electron chi connectivity index (χ2n) is 2.07. The fourth-order valence-corrected chi connectivity index (χ4v) is 0.606. The number of carbonyl (C=O) groups excluding carboxylic acids is 1. The van der Waals surface area contributed by atoms with Crippen molar-refractivity contribution in [1.82, 2.24) is 5.32 Å². The molecule has 0 fully saturated rings. The van der Waals surface area contributed by atoms with Crippen LogP contribution in [0.4, 0.5) is 0 Å². The van der Waals surface area contributed by atoms with Crippen LogP contribution in [-0.4, -0.2) is 45.3 Å². The third-order valence-electron chi connectivity index (χ3n) is 1.10. The molecule has 0 saturated carbocycles. The fraction of sp³-hybridized carbons (Fsp3) is 0.857. The molecule has 0 radical (unpaired) electrons. The molecule has 1 N–H and O–H groups in total. The number of halogens is 1. The van der Waals surface area contributed by atoms with E-state index in [1.807, 2.05) is 7.05 Å². The molecule has 0 amide bonds. The highest BCUT2D eigenvalue weighted by Gasteiger charge is 1.97. The molecule has 0 aliphatic rings. The molecule has 12 heavy (non-hydrogen) atoms. The van der Waals surface area contributed by atoms with Crippen LogP contribution in [0.5, 0.6) is 0 Å². The topological polar surface area (TPSA) is 47.6 Å². The summed E-state index contributed by atoms with van der Waals surface area (Å²) in [7, 11) is 1.84. The van der Waals surface area contributed by atoms with Crippen molar-refractivity contribution in [1.29, 1.82) is 0 Å². The maximum atomic E-state index is 10.5. The third kappa shape index (κ3) is 7.78. The Morgan fingerprint density at radius 3 is 2.75 bits per heavy atom. The average molecular weight is 196 g/mol. The number of alkyl halides is 1. The summed E-state index contributed by atoms with van der Waals surface area (Å²) in [5.74, 6) is -0.509. The first-order valence-corrected chi connectivity index (χ1v) is 4.28. The van der Waals surface area contributed by atoms with Crippen LogP contribution < -0.4 is 5.32 Å². The molecule has 0 atom stereocenters. The number of likely N-dealkylation sites (N-methyl/N-ethyl adjacent to an activating group) is 1. The van der Waals surface area contributed by atoms with Crippen molar-refractivity contribution in [3.63, 3.8) is 0 Å². The van der Waals surface area contributed by atoms with Gasteiger partial charge in [-0.25, -0.2) is 0 Å². The number of nitrogens with one attached hydrogen (secondary N) is 1. The number of hydrogen-bond donors (Lipinski definition) is 1. The Labute approximate surface area is 77.2 Å². The highest BCUT2D eigenvalue weighted by Crippen LogP contribution is 1.83. The monoisotopic (exact) mass is 195 g/mol. The van der Waals surface area contributed by atoms with Crippen molar-refractivity contribution in [2.45, 2.75) is 0 Å². The third-order valence-corrected chi connectivity index (χ3v) is 1.31. The van der Waals surface area contributed by atoms with Gasteiger partial charge in [-0.15, -0.1) is 11.6 Å². The first kappa shape index (κ1) is 11.7. The molecule has 0 saturated heterocycles. The van der Waals surface area contributed by atoms with E-state index in [4.69, 9.17) is 16.3 Å². The van der Waals surface area contributed by atoms with Crippen LogP contribution in [0.2, 0.25) is 0 Å². The molecule has 0 rings (SSSR count). The van der Waals surface area contributed by atoms with Crippen molar-refractivity contribution >= 4 is 17.6 Å². The summed E-state index contributed by atoms with van der Waals surface area (Å²) in [5, 5.41) is 2.92. The zero-order chi connectivity index (χ0) is 9.23. The Bertz CT molecular complexity index is 121.